The zero-order valence-electron chi connectivity index (χ0n) is 30.2. The second-order valence-corrected chi connectivity index (χ2v) is 13.0. The molecule has 0 saturated heterocycles. The van der Waals surface area contributed by atoms with Crippen LogP contribution in [0.5, 0.6) is 17.2 Å². The number of hydrogen-bond donors (Lipinski definition) is 4. The van der Waals surface area contributed by atoms with Crippen LogP contribution in [0.1, 0.15) is 81.0 Å². The number of carbonyl (C=O) groups is 3. The van der Waals surface area contributed by atoms with Gasteiger partial charge in [0.05, 0.1) is 24.8 Å². The lowest BCUT2D eigenvalue weighted by molar-refractivity contribution is -0.174. The van der Waals surface area contributed by atoms with Crippen molar-refractivity contribution in [2.75, 3.05) is 13.2 Å². The Labute approximate surface area is 311 Å². The van der Waals surface area contributed by atoms with E-state index in [4.69, 9.17) is 25.7 Å². The SMILES string of the molecule is CCCCCOc1ccc(OC(=O)C=Cc2ccc(OCCCCCCC(N)(c3ccccc3)C(C(=O)O)(C(=O)O)C(N)c3ccccc3)cc2)cc1. The average Bonchev–Trinajstić information content (AvgIpc) is 3.17. The van der Waals surface area contributed by atoms with E-state index in [1.165, 1.54) is 6.08 Å². The first kappa shape index (κ1) is 40.3. The van der Waals surface area contributed by atoms with Gasteiger partial charge in [-0.1, -0.05) is 112 Å². The third kappa shape index (κ3) is 10.6. The van der Waals surface area contributed by atoms with Crippen LogP contribution in [-0.2, 0) is 19.9 Å². The second-order valence-electron chi connectivity index (χ2n) is 13.0. The van der Waals surface area contributed by atoms with Crippen molar-refractivity contribution in [3.63, 3.8) is 0 Å². The maximum absolute atomic E-state index is 13.0. The molecule has 4 rings (SSSR count). The molecule has 0 bridgehead atoms. The predicted molar refractivity (Wildman–Crippen MR) is 205 cm³/mol. The van der Waals surface area contributed by atoms with Crippen molar-refractivity contribution in [1.29, 1.82) is 0 Å². The minimum atomic E-state index is -2.55. The van der Waals surface area contributed by atoms with Gasteiger partial charge >= 0.3 is 17.9 Å². The van der Waals surface area contributed by atoms with Gasteiger partial charge in [-0.25, -0.2) is 4.79 Å². The van der Waals surface area contributed by atoms with E-state index in [1.807, 2.05) is 24.3 Å². The summed E-state index contributed by atoms with van der Waals surface area (Å²) in [5, 5.41) is 21.2. The summed E-state index contributed by atoms with van der Waals surface area (Å²) in [6.07, 6.45) is 8.98. The number of rotatable bonds is 22. The van der Waals surface area contributed by atoms with Crippen LogP contribution in [0.4, 0.5) is 0 Å². The first-order chi connectivity index (χ1) is 25.6. The topological polar surface area (TPSA) is 171 Å². The lowest BCUT2D eigenvalue weighted by atomic mass is 9.59. The van der Waals surface area contributed by atoms with Gasteiger partial charge in [-0.05, 0) is 78.4 Å². The number of esters is 1. The smallest absolute Gasteiger partial charge is 0.336 e. The van der Waals surface area contributed by atoms with Crippen LogP contribution in [0, 0.1) is 5.41 Å². The number of benzene rings is 4. The van der Waals surface area contributed by atoms with Crippen molar-refractivity contribution < 1.29 is 38.8 Å². The molecule has 280 valence electrons. The predicted octanol–water partition coefficient (Wildman–Crippen LogP) is 7.91. The van der Waals surface area contributed by atoms with Crippen molar-refractivity contribution in [2.45, 2.75) is 69.9 Å². The molecule has 10 heteroatoms. The summed E-state index contributed by atoms with van der Waals surface area (Å²) in [6.45, 7) is 3.25. The summed E-state index contributed by atoms with van der Waals surface area (Å²) >= 11 is 0. The van der Waals surface area contributed by atoms with Gasteiger partial charge in [-0.3, -0.25) is 9.59 Å². The molecule has 0 heterocycles. The summed E-state index contributed by atoms with van der Waals surface area (Å²) in [7, 11) is 0. The number of aliphatic carboxylic acids is 2. The quantitative estimate of drug-likeness (QED) is 0.0205. The standard InChI is InChI=1S/C43H50N2O8/c1-2-3-13-30-51-36-24-26-37(27-25-36)53-38(46)28-21-32-19-22-35(23-20-32)52-31-14-5-4-12-29-42(45,34-17-10-7-11-18-34)43(40(47)48,41(49)50)39(44)33-15-8-6-9-16-33/h6-11,15-28,39H,2-5,12-14,29-31,44-45H2,1H3,(H,47,48)(H,49,50). The average molecular weight is 723 g/mol. The van der Waals surface area contributed by atoms with Crippen molar-refractivity contribution >= 4 is 24.0 Å². The molecular weight excluding hydrogens is 672 g/mol. The van der Waals surface area contributed by atoms with Gasteiger partial charge in [-0.2, -0.15) is 0 Å². The Hall–Kier alpha value is -5.45. The number of carboxylic acid groups (broad SMARTS) is 2. The van der Waals surface area contributed by atoms with Gasteiger partial charge in [0.25, 0.3) is 0 Å². The van der Waals surface area contributed by atoms with E-state index in [0.717, 1.165) is 43.4 Å². The van der Waals surface area contributed by atoms with E-state index in [2.05, 4.69) is 6.92 Å². The van der Waals surface area contributed by atoms with Crippen LogP contribution in [0.2, 0.25) is 0 Å². The fourth-order valence-electron chi connectivity index (χ4n) is 6.42. The summed E-state index contributed by atoms with van der Waals surface area (Å²) in [6, 6.07) is 29.7. The lowest BCUT2D eigenvalue weighted by Gasteiger charge is -2.46. The van der Waals surface area contributed by atoms with Gasteiger partial charge in [0.1, 0.15) is 17.2 Å². The highest BCUT2D eigenvalue weighted by molar-refractivity contribution is 6.01. The van der Waals surface area contributed by atoms with E-state index in [1.54, 1.807) is 91.0 Å². The molecule has 0 fully saturated rings. The molecule has 0 amide bonds. The third-order valence-corrected chi connectivity index (χ3v) is 9.38. The van der Waals surface area contributed by atoms with Crippen molar-refractivity contribution in [3.05, 3.63) is 132 Å². The summed E-state index contributed by atoms with van der Waals surface area (Å²) in [5.74, 6) is -1.83. The first-order valence-corrected chi connectivity index (χ1v) is 18.1. The molecule has 0 aliphatic rings. The zero-order chi connectivity index (χ0) is 38.1. The van der Waals surface area contributed by atoms with Crippen LogP contribution < -0.4 is 25.7 Å². The number of hydrogen-bond acceptors (Lipinski definition) is 8. The Bertz CT molecular complexity index is 1750. The molecule has 0 aliphatic carbocycles. The molecular formula is C43H50N2O8. The fraction of sp³-hybridized carbons (Fsp3) is 0.326. The van der Waals surface area contributed by atoms with Crippen LogP contribution in [-0.4, -0.2) is 41.3 Å². The highest BCUT2D eigenvalue weighted by Crippen LogP contribution is 2.49. The van der Waals surface area contributed by atoms with Crippen LogP contribution in [0.25, 0.3) is 6.08 Å². The Kier molecular flexibility index (Phi) is 15.2. The number of carbonyl (C=O) groups excluding carboxylic acids is 1. The number of unbranched alkanes of at least 4 members (excludes halogenated alkanes) is 5. The molecule has 0 saturated carbocycles. The molecule has 2 unspecified atom stereocenters. The Morgan fingerprint density at radius 2 is 1.19 bits per heavy atom. The lowest BCUT2D eigenvalue weighted by Crippen LogP contribution is -2.65. The summed E-state index contributed by atoms with van der Waals surface area (Å²) < 4.78 is 17.0. The Balaban J connectivity index is 1.26. The molecule has 4 aromatic carbocycles. The molecule has 10 nitrogen and oxygen atoms in total. The Morgan fingerprint density at radius 3 is 1.75 bits per heavy atom. The highest BCUT2D eigenvalue weighted by Gasteiger charge is 2.65. The van der Waals surface area contributed by atoms with Gasteiger partial charge in [-0.15, -0.1) is 0 Å². The summed E-state index contributed by atoms with van der Waals surface area (Å²) in [5.41, 5.74) is 10.7. The fourth-order valence-corrected chi connectivity index (χ4v) is 6.42. The van der Waals surface area contributed by atoms with Crippen LogP contribution in [0.15, 0.2) is 115 Å². The molecule has 2 atom stereocenters. The minimum Gasteiger partial charge on any atom is -0.494 e. The van der Waals surface area contributed by atoms with E-state index in [0.29, 0.717) is 48.7 Å². The van der Waals surface area contributed by atoms with Gasteiger partial charge in [0, 0.05) is 6.08 Å². The number of nitrogens with two attached hydrogens (primary N) is 2. The van der Waals surface area contributed by atoms with E-state index in [9.17, 15) is 24.6 Å². The molecule has 6 N–H and O–H groups in total. The molecule has 0 radical (unpaired) electrons. The summed E-state index contributed by atoms with van der Waals surface area (Å²) in [4.78, 5) is 38.4. The van der Waals surface area contributed by atoms with Gasteiger partial charge in [0.2, 0.25) is 5.41 Å². The van der Waals surface area contributed by atoms with E-state index in [-0.39, 0.29) is 6.42 Å². The minimum absolute atomic E-state index is 0.0833. The Morgan fingerprint density at radius 1 is 0.679 bits per heavy atom. The molecule has 0 aliphatic heterocycles. The normalized spacial score (nSPS) is 13.2. The number of carboxylic acids is 2. The van der Waals surface area contributed by atoms with Crippen LogP contribution in [0.3, 0.4) is 0 Å². The molecule has 4 aromatic rings. The van der Waals surface area contributed by atoms with Gasteiger partial charge < -0.3 is 35.9 Å². The largest absolute Gasteiger partial charge is 0.494 e. The maximum atomic E-state index is 13.0. The van der Waals surface area contributed by atoms with E-state index >= 15 is 0 Å². The molecule has 0 aromatic heterocycles. The highest BCUT2D eigenvalue weighted by atomic mass is 16.5. The first-order valence-electron chi connectivity index (χ1n) is 18.1. The van der Waals surface area contributed by atoms with Crippen molar-refractivity contribution in [3.8, 4) is 17.2 Å². The van der Waals surface area contributed by atoms with E-state index < -0.39 is 34.9 Å². The molecule has 0 spiro atoms. The number of ether oxygens (including phenoxy) is 3. The monoisotopic (exact) mass is 722 g/mol. The second kappa shape index (κ2) is 20.0. The van der Waals surface area contributed by atoms with Gasteiger partial charge in [0.15, 0.2) is 0 Å². The molecule has 53 heavy (non-hydrogen) atoms. The van der Waals surface area contributed by atoms with Crippen LogP contribution >= 0.6 is 0 Å². The third-order valence-electron chi connectivity index (χ3n) is 9.38. The van der Waals surface area contributed by atoms with Crippen molar-refractivity contribution in [1.82, 2.24) is 0 Å². The van der Waals surface area contributed by atoms with Crippen molar-refractivity contribution in [2.24, 2.45) is 16.9 Å². The zero-order valence-corrected chi connectivity index (χ0v) is 30.2. The maximum Gasteiger partial charge on any atom is 0.336 e.